The zero-order valence-electron chi connectivity index (χ0n) is 11.9. The number of methoxy groups -OCH3 is 5. The van der Waals surface area contributed by atoms with E-state index in [9.17, 15) is 0 Å². The first-order valence-electron chi connectivity index (χ1n) is 5.52. The molecule has 0 spiro atoms. The van der Waals surface area contributed by atoms with Crippen LogP contribution in [0.5, 0.6) is 34.5 Å². The molecule has 0 unspecified atom stereocenters. The minimum atomic E-state index is -2.07. The number of hydrogen-bond donors (Lipinski definition) is 2. The maximum atomic E-state index is 9.01. The van der Waals surface area contributed by atoms with Crippen molar-refractivity contribution < 1.29 is 38.4 Å². The maximum absolute atomic E-state index is 9.01. The van der Waals surface area contributed by atoms with E-state index in [1.165, 1.54) is 35.5 Å². The second kappa shape index (κ2) is 6.97. The normalized spacial score (nSPS) is 9.75. The molecule has 0 atom stereocenters. The number of hydrogen-bond acceptors (Lipinski definition) is 8. The monoisotopic (exact) mass is 288 g/mol. The van der Waals surface area contributed by atoms with Gasteiger partial charge in [0.2, 0.25) is 28.7 Å². The summed E-state index contributed by atoms with van der Waals surface area (Å²) in [6.07, 6.45) is 0. The first-order chi connectivity index (χ1) is 9.55. The minimum absolute atomic E-state index is 0.0788. The van der Waals surface area contributed by atoms with Crippen molar-refractivity contribution in [3.63, 3.8) is 0 Å². The fourth-order valence-electron chi connectivity index (χ4n) is 1.76. The Morgan fingerprint density at radius 2 is 0.800 bits per heavy atom. The molecule has 2 N–H and O–H groups in total. The minimum Gasteiger partial charge on any atom is -0.506 e. The molecule has 0 fully saturated rings. The molecule has 0 bridgehead atoms. The predicted octanol–water partition coefficient (Wildman–Crippen LogP) is 0.0779. The Bertz CT molecular complexity index is 429. The molecule has 8 nitrogen and oxygen atoms in total. The molecule has 112 valence electrons. The van der Waals surface area contributed by atoms with Crippen LogP contribution in [0.4, 0.5) is 0 Å². The summed E-state index contributed by atoms with van der Waals surface area (Å²) in [4.78, 5) is 0. The standard InChI is InChI=1S/C11H17BO8/c1-15-6-7(16-2)9(18-4)11(20-12(13)14)10(19-5)8(6)17-3/h13-14H,1-5H3. The quantitative estimate of drug-likeness (QED) is 0.681. The maximum Gasteiger partial charge on any atom is 0.707 e. The molecule has 0 aliphatic heterocycles. The van der Waals surface area contributed by atoms with Crippen LogP contribution in [0.1, 0.15) is 0 Å². The number of ether oxygens (including phenoxy) is 5. The lowest BCUT2D eigenvalue weighted by Gasteiger charge is -2.21. The third-order valence-corrected chi connectivity index (χ3v) is 2.48. The van der Waals surface area contributed by atoms with Gasteiger partial charge in [0, 0.05) is 0 Å². The highest BCUT2D eigenvalue weighted by molar-refractivity contribution is 6.34. The fourth-order valence-corrected chi connectivity index (χ4v) is 1.76. The molecule has 1 rings (SSSR count). The van der Waals surface area contributed by atoms with Gasteiger partial charge >= 0.3 is 7.32 Å². The Morgan fingerprint density at radius 1 is 0.550 bits per heavy atom. The second-order valence-electron chi connectivity index (χ2n) is 3.44. The van der Waals surface area contributed by atoms with Gasteiger partial charge in [0.25, 0.3) is 0 Å². The van der Waals surface area contributed by atoms with Crippen molar-refractivity contribution in [3.05, 3.63) is 0 Å². The first-order valence-corrected chi connectivity index (χ1v) is 5.52. The van der Waals surface area contributed by atoms with E-state index in [-0.39, 0.29) is 34.5 Å². The van der Waals surface area contributed by atoms with Gasteiger partial charge in [0.1, 0.15) is 0 Å². The Hall–Kier alpha value is -2.00. The van der Waals surface area contributed by atoms with Crippen molar-refractivity contribution in [3.8, 4) is 34.5 Å². The van der Waals surface area contributed by atoms with Crippen LogP contribution in [-0.4, -0.2) is 52.9 Å². The van der Waals surface area contributed by atoms with Crippen molar-refractivity contribution in [2.24, 2.45) is 0 Å². The Morgan fingerprint density at radius 3 is 1.00 bits per heavy atom. The second-order valence-corrected chi connectivity index (χ2v) is 3.44. The van der Waals surface area contributed by atoms with Crippen molar-refractivity contribution >= 4 is 7.32 Å². The summed E-state index contributed by atoms with van der Waals surface area (Å²) < 4.78 is 30.8. The Balaban J connectivity index is 3.69. The molecule has 1 aromatic rings. The van der Waals surface area contributed by atoms with Crippen LogP contribution in [0.3, 0.4) is 0 Å². The topological polar surface area (TPSA) is 95.8 Å². The van der Waals surface area contributed by atoms with E-state index in [4.69, 9.17) is 38.4 Å². The lowest BCUT2D eigenvalue weighted by molar-refractivity contribution is 0.251. The van der Waals surface area contributed by atoms with Gasteiger partial charge in [-0.2, -0.15) is 0 Å². The number of benzene rings is 1. The van der Waals surface area contributed by atoms with E-state index in [1.807, 2.05) is 0 Å². The van der Waals surface area contributed by atoms with Crippen LogP contribution in [0, 0.1) is 0 Å². The van der Waals surface area contributed by atoms with Crippen molar-refractivity contribution in [1.82, 2.24) is 0 Å². The van der Waals surface area contributed by atoms with E-state index in [1.54, 1.807) is 0 Å². The molecule has 0 saturated carbocycles. The highest BCUT2D eigenvalue weighted by Gasteiger charge is 2.31. The third-order valence-electron chi connectivity index (χ3n) is 2.48. The van der Waals surface area contributed by atoms with Gasteiger partial charge in [0.05, 0.1) is 35.5 Å². The van der Waals surface area contributed by atoms with Gasteiger partial charge < -0.3 is 38.4 Å². The molecule has 0 aliphatic rings. The molecule has 20 heavy (non-hydrogen) atoms. The van der Waals surface area contributed by atoms with Crippen LogP contribution in [0.2, 0.25) is 0 Å². The van der Waals surface area contributed by atoms with Gasteiger partial charge in [0.15, 0.2) is 5.75 Å². The lowest BCUT2D eigenvalue weighted by atomic mass is 10.2. The summed E-state index contributed by atoms with van der Waals surface area (Å²) in [5.74, 6) is 0.639. The zero-order chi connectivity index (χ0) is 15.3. The van der Waals surface area contributed by atoms with Gasteiger partial charge in [-0.3, -0.25) is 0 Å². The van der Waals surface area contributed by atoms with Crippen molar-refractivity contribution in [2.45, 2.75) is 0 Å². The molecule has 1 aromatic carbocycles. The predicted molar refractivity (Wildman–Crippen MR) is 70.0 cm³/mol. The molecule has 0 saturated heterocycles. The Kier molecular flexibility index (Phi) is 5.59. The fraction of sp³-hybridized carbons (Fsp3) is 0.455. The largest absolute Gasteiger partial charge is 0.707 e. The van der Waals surface area contributed by atoms with Crippen LogP contribution in [0.15, 0.2) is 0 Å². The molecule has 9 heteroatoms. The van der Waals surface area contributed by atoms with Crippen LogP contribution in [0.25, 0.3) is 0 Å². The molecule has 0 amide bonds. The van der Waals surface area contributed by atoms with Gasteiger partial charge in [-0.1, -0.05) is 0 Å². The van der Waals surface area contributed by atoms with Gasteiger partial charge in [-0.15, -0.1) is 0 Å². The summed E-state index contributed by atoms with van der Waals surface area (Å²) in [6, 6.07) is 0. The number of rotatable bonds is 7. The summed E-state index contributed by atoms with van der Waals surface area (Å²) in [5.41, 5.74) is 0. The van der Waals surface area contributed by atoms with Crippen LogP contribution < -0.4 is 28.3 Å². The van der Waals surface area contributed by atoms with Crippen LogP contribution >= 0.6 is 0 Å². The lowest BCUT2D eigenvalue weighted by Crippen LogP contribution is -2.21. The molecule has 0 aromatic heterocycles. The molecule has 0 heterocycles. The van der Waals surface area contributed by atoms with E-state index in [0.717, 1.165) is 0 Å². The average Bonchev–Trinajstić information content (AvgIpc) is 2.44. The molecule has 0 aliphatic carbocycles. The van der Waals surface area contributed by atoms with Crippen LogP contribution in [-0.2, 0) is 0 Å². The first kappa shape index (κ1) is 16.1. The highest BCUT2D eigenvalue weighted by Crippen LogP contribution is 2.57. The SMILES string of the molecule is COc1c(OC)c(OC)c(OB(O)O)c(OC)c1OC. The third kappa shape index (κ3) is 2.78. The van der Waals surface area contributed by atoms with Gasteiger partial charge in [-0.25, -0.2) is 0 Å². The van der Waals surface area contributed by atoms with E-state index in [0.29, 0.717) is 0 Å². The van der Waals surface area contributed by atoms with E-state index < -0.39 is 7.32 Å². The average molecular weight is 288 g/mol. The van der Waals surface area contributed by atoms with Crippen molar-refractivity contribution in [2.75, 3.05) is 35.5 Å². The van der Waals surface area contributed by atoms with E-state index >= 15 is 0 Å². The summed E-state index contributed by atoms with van der Waals surface area (Å²) in [5, 5.41) is 18.0. The summed E-state index contributed by atoms with van der Waals surface area (Å²) >= 11 is 0. The summed E-state index contributed by atoms with van der Waals surface area (Å²) in [7, 11) is 4.86. The molecular formula is C11H17BO8. The highest BCUT2D eigenvalue weighted by atomic mass is 16.6. The van der Waals surface area contributed by atoms with E-state index in [2.05, 4.69) is 0 Å². The van der Waals surface area contributed by atoms with Gasteiger partial charge in [-0.05, 0) is 0 Å². The molecular weight excluding hydrogens is 271 g/mol. The summed E-state index contributed by atoms with van der Waals surface area (Å²) in [6.45, 7) is 0. The van der Waals surface area contributed by atoms with Crippen molar-refractivity contribution in [1.29, 1.82) is 0 Å². The smallest absolute Gasteiger partial charge is 0.506 e. The zero-order valence-corrected chi connectivity index (χ0v) is 11.9. The Labute approximate surface area is 116 Å². The molecule has 0 radical (unpaired) electrons.